The molecule has 170 valence electrons. The molecule has 0 bridgehead atoms. The van der Waals surface area contributed by atoms with E-state index in [9.17, 15) is 22.8 Å². The first-order valence-corrected chi connectivity index (χ1v) is 9.82. The van der Waals surface area contributed by atoms with Crippen LogP contribution in [0.2, 0.25) is 0 Å². The second-order valence-electron chi connectivity index (χ2n) is 7.56. The lowest BCUT2D eigenvalue weighted by molar-refractivity contribution is -0.137. The van der Waals surface area contributed by atoms with Gasteiger partial charge in [-0.15, -0.1) is 0 Å². The average molecular weight is 456 g/mol. The van der Waals surface area contributed by atoms with Gasteiger partial charge in [-0.25, -0.2) is 9.97 Å². The van der Waals surface area contributed by atoms with Crippen LogP contribution >= 0.6 is 0 Å². The highest BCUT2D eigenvalue weighted by Crippen LogP contribution is 2.38. The van der Waals surface area contributed by atoms with Gasteiger partial charge in [-0.3, -0.25) is 9.59 Å². The van der Waals surface area contributed by atoms with Crippen molar-refractivity contribution < 1.29 is 22.8 Å². The largest absolute Gasteiger partial charge is 0.419 e. The van der Waals surface area contributed by atoms with Crippen molar-refractivity contribution in [1.82, 2.24) is 14.9 Å². The van der Waals surface area contributed by atoms with Gasteiger partial charge in [0.15, 0.2) is 5.69 Å². The third kappa shape index (κ3) is 4.71. The van der Waals surface area contributed by atoms with Crippen LogP contribution < -0.4 is 16.0 Å². The first-order valence-electron chi connectivity index (χ1n) is 9.82. The maximum Gasteiger partial charge on any atom is 0.419 e. The summed E-state index contributed by atoms with van der Waals surface area (Å²) in [5.74, 6) is -0.437. The molecular formula is C22H19F3N6O2. The first kappa shape index (κ1) is 22.1. The van der Waals surface area contributed by atoms with E-state index >= 15 is 0 Å². The van der Waals surface area contributed by atoms with Gasteiger partial charge in [0.25, 0.3) is 5.91 Å². The number of pyridine rings is 2. The number of carbonyl (C=O) groups is 2. The van der Waals surface area contributed by atoms with E-state index in [0.717, 1.165) is 5.56 Å². The fraction of sp³-hybridized carbons (Fsp3) is 0.182. The molecule has 0 radical (unpaired) electrons. The minimum atomic E-state index is -4.68. The number of rotatable bonds is 5. The van der Waals surface area contributed by atoms with Crippen molar-refractivity contribution in [2.45, 2.75) is 12.6 Å². The zero-order chi connectivity index (χ0) is 23.8. The lowest BCUT2D eigenvalue weighted by atomic mass is 10.1. The van der Waals surface area contributed by atoms with E-state index in [4.69, 9.17) is 0 Å². The van der Waals surface area contributed by atoms with Crippen LogP contribution in [0.3, 0.4) is 0 Å². The minimum absolute atomic E-state index is 0.0160. The van der Waals surface area contributed by atoms with Gasteiger partial charge in [-0.2, -0.15) is 13.2 Å². The highest BCUT2D eigenvalue weighted by Gasteiger charge is 2.35. The van der Waals surface area contributed by atoms with Crippen LogP contribution in [0.25, 0.3) is 0 Å². The molecular weight excluding hydrogens is 437 g/mol. The number of fused-ring (bicyclic) bond motifs is 1. The van der Waals surface area contributed by atoms with Gasteiger partial charge in [0.1, 0.15) is 5.82 Å². The lowest BCUT2D eigenvalue weighted by Gasteiger charge is -2.18. The summed E-state index contributed by atoms with van der Waals surface area (Å²) >= 11 is 0. The zero-order valence-corrected chi connectivity index (χ0v) is 17.6. The molecule has 1 aliphatic heterocycles. The van der Waals surface area contributed by atoms with Crippen LogP contribution in [0.5, 0.6) is 0 Å². The second kappa shape index (κ2) is 8.41. The molecule has 0 saturated carbocycles. The molecule has 0 saturated heterocycles. The predicted molar refractivity (Wildman–Crippen MR) is 117 cm³/mol. The van der Waals surface area contributed by atoms with Gasteiger partial charge in [-0.05, 0) is 35.9 Å². The fourth-order valence-electron chi connectivity index (χ4n) is 3.34. The Bertz CT molecular complexity index is 1240. The van der Waals surface area contributed by atoms with E-state index in [0.29, 0.717) is 17.6 Å². The zero-order valence-electron chi connectivity index (χ0n) is 17.6. The van der Waals surface area contributed by atoms with E-state index < -0.39 is 17.6 Å². The minimum Gasteiger partial charge on any atom is -0.353 e. The van der Waals surface area contributed by atoms with Crippen molar-refractivity contribution in [2.24, 2.45) is 0 Å². The van der Waals surface area contributed by atoms with Gasteiger partial charge in [0.05, 0.1) is 23.4 Å². The summed E-state index contributed by atoms with van der Waals surface area (Å²) in [5, 5.41) is 8.37. The predicted octanol–water partition coefficient (Wildman–Crippen LogP) is 4.18. The van der Waals surface area contributed by atoms with Crippen molar-refractivity contribution in [3.8, 4) is 0 Å². The molecule has 3 heterocycles. The number of nitrogens with one attached hydrogen (secondary N) is 3. The van der Waals surface area contributed by atoms with E-state index in [1.165, 1.54) is 43.4 Å². The van der Waals surface area contributed by atoms with E-state index in [2.05, 4.69) is 25.9 Å². The summed E-state index contributed by atoms with van der Waals surface area (Å²) in [6.45, 7) is 0. The highest BCUT2D eigenvalue weighted by molar-refractivity contribution is 6.00. The molecule has 11 heteroatoms. The van der Waals surface area contributed by atoms with Crippen molar-refractivity contribution >= 4 is 40.4 Å². The van der Waals surface area contributed by atoms with Crippen molar-refractivity contribution in [2.75, 3.05) is 30.0 Å². The number of aromatic nitrogens is 2. The first-order chi connectivity index (χ1) is 15.6. The van der Waals surface area contributed by atoms with Crippen LogP contribution in [-0.2, 0) is 17.4 Å². The Labute approximate surface area is 186 Å². The Balaban J connectivity index is 1.68. The number of nitrogens with zero attached hydrogens (tertiary/aromatic N) is 3. The second-order valence-corrected chi connectivity index (χ2v) is 7.56. The maximum atomic E-state index is 13.7. The summed E-state index contributed by atoms with van der Waals surface area (Å²) in [7, 11) is 3.05. The van der Waals surface area contributed by atoms with Crippen molar-refractivity contribution in [1.29, 1.82) is 0 Å². The number of anilines is 5. The Morgan fingerprint density at radius 3 is 2.61 bits per heavy atom. The Morgan fingerprint density at radius 1 is 1.09 bits per heavy atom. The number of benzene rings is 1. The van der Waals surface area contributed by atoms with Gasteiger partial charge < -0.3 is 20.9 Å². The summed E-state index contributed by atoms with van der Waals surface area (Å²) < 4.78 is 41.0. The Morgan fingerprint density at radius 2 is 1.88 bits per heavy atom. The van der Waals surface area contributed by atoms with Gasteiger partial charge in [-0.1, -0.05) is 0 Å². The third-order valence-electron chi connectivity index (χ3n) is 4.90. The SMILES string of the molecule is CN(C)C(=O)c1ncccc1Nc1cc(Nc2ccc3c(c2)CC(=O)N3)ncc1C(F)(F)F. The lowest BCUT2D eigenvalue weighted by Crippen LogP contribution is -2.24. The molecule has 0 atom stereocenters. The van der Waals surface area contributed by atoms with Crippen LogP contribution in [0.4, 0.5) is 41.7 Å². The normalized spacial score (nSPS) is 12.7. The Hall–Kier alpha value is -4.15. The molecule has 0 aliphatic carbocycles. The van der Waals surface area contributed by atoms with Crippen LogP contribution in [-0.4, -0.2) is 40.8 Å². The van der Waals surface area contributed by atoms with Gasteiger partial charge in [0, 0.05) is 43.9 Å². The Kier molecular flexibility index (Phi) is 5.62. The summed E-state index contributed by atoms with van der Waals surface area (Å²) in [5.41, 5.74) is 0.857. The third-order valence-corrected chi connectivity index (χ3v) is 4.90. The average Bonchev–Trinajstić information content (AvgIpc) is 3.12. The van der Waals surface area contributed by atoms with Gasteiger partial charge >= 0.3 is 6.18 Å². The van der Waals surface area contributed by atoms with Crippen LogP contribution in [0.1, 0.15) is 21.6 Å². The summed E-state index contributed by atoms with van der Waals surface area (Å²) in [6, 6.07) is 9.32. The fourth-order valence-corrected chi connectivity index (χ4v) is 3.34. The number of alkyl halides is 3. The number of amides is 2. The van der Waals surface area contributed by atoms with E-state index in [1.807, 2.05) is 0 Å². The molecule has 0 fully saturated rings. The van der Waals surface area contributed by atoms with Gasteiger partial charge in [0.2, 0.25) is 5.91 Å². The molecule has 0 unspecified atom stereocenters. The summed E-state index contributed by atoms with van der Waals surface area (Å²) in [6.07, 6.45) is -2.35. The highest BCUT2D eigenvalue weighted by atomic mass is 19.4. The quantitative estimate of drug-likeness (QED) is 0.533. The molecule has 4 rings (SSSR count). The number of carbonyl (C=O) groups excluding carboxylic acids is 2. The summed E-state index contributed by atoms with van der Waals surface area (Å²) in [4.78, 5) is 33.1. The van der Waals surface area contributed by atoms with E-state index in [1.54, 1.807) is 18.2 Å². The molecule has 3 aromatic rings. The molecule has 1 aromatic carbocycles. The van der Waals surface area contributed by atoms with Crippen LogP contribution in [0.15, 0.2) is 48.8 Å². The molecule has 0 spiro atoms. The monoisotopic (exact) mass is 456 g/mol. The van der Waals surface area contributed by atoms with Crippen molar-refractivity contribution in [3.05, 3.63) is 65.6 Å². The number of hydrogen-bond acceptors (Lipinski definition) is 6. The van der Waals surface area contributed by atoms with Crippen molar-refractivity contribution in [3.63, 3.8) is 0 Å². The maximum absolute atomic E-state index is 13.7. The number of hydrogen-bond donors (Lipinski definition) is 3. The molecule has 8 nitrogen and oxygen atoms in total. The molecule has 2 aromatic heterocycles. The topological polar surface area (TPSA) is 99.3 Å². The smallest absolute Gasteiger partial charge is 0.353 e. The molecule has 2 amide bonds. The molecule has 3 N–H and O–H groups in total. The molecule has 33 heavy (non-hydrogen) atoms. The van der Waals surface area contributed by atoms with Crippen LogP contribution in [0, 0.1) is 0 Å². The van der Waals surface area contributed by atoms with E-state index in [-0.39, 0.29) is 35.2 Å². The molecule has 1 aliphatic rings. The number of halogens is 3. The standard InChI is InChI=1S/C22H19F3N6O2/c1-31(2)21(33)20-16(4-3-7-26-20)29-17-10-18(27-11-14(17)22(23,24)25)28-13-5-6-15-12(8-13)9-19(32)30-15/h3-8,10-11H,9H2,1-2H3,(H,30,32)(H2,27,28,29).